The van der Waals surface area contributed by atoms with Crippen LogP contribution in [0.2, 0.25) is 0 Å². The number of amides is 1. The second-order valence-corrected chi connectivity index (χ2v) is 8.08. The van der Waals surface area contributed by atoms with Crippen molar-refractivity contribution in [2.45, 2.75) is 19.4 Å². The zero-order chi connectivity index (χ0) is 23.4. The standard InChI is InChI=1S/C23H28N6O4/c1-3-18(16-8-5-4-6-9-16)25-22-21(26-33-29(22)32)24-19-11-7-10-17(20(19)30)23(31)28-14-12-27(2)13-15-28/h4-11,18,32H,3,12-15H2,1-2H3,(H2,24,25,26,30,31)/p+1/t18-/m1/s1. The van der Waals surface area contributed by atoms with Crippen molar-refractivity contribution in [2.75, 3.05) is 43.9 Å². The Bertz CT molecular complexity index is 1100. The van der Waals surface area contributed by atoms with Crippen molar-refractivity contribution in [3.05, 3.63) is 59.7 Å². The molecule has 0 spiro atoms. The average Bonchev–Trinajstić information content (AvgIpc) is 3.18. The van der Waals surface area contributed by atoms with E-state index in [0.717, 1.165) is 25.1 Å². The molecule has 33 heavy (non-hydrogen) atoms. The molecule has 0 saturated carbocycles. The lowest BCUT2D eigenvalue weighted by Crippen LogP contribution is -2.47. The maximum Gasteiger partial charge on any atom is 0.366 e. The van der Waals surface area contributed by atoms with E-state index in [4.69, 9.17) is 4.63 Å². The first-order valence-corrected chi connectivity index (χ1v) is 11.0. The summed E-state index contributed by atoms with van der Waals surface area (Å²) in [4.78, 5) is 17.4. The molecular weight excluding hydrogens is 424 g/mol. The fourth-order valence-corrected chi connectivity index (χ4v) is 3.86. The highest BCUT2D eigenvalue weighted by Gasteiger charge is 2.29. The topological polar surface area (TPSA) is 118 Å². The highest BCUT2D eigenvalue weighted by Crippen LogP contribution is 2.33. The Kier molecular flexibility index (Phi) is 6.64. The highest BCUT2D eigenvalue weighted by atomic mass is 16.8. The molecule has 1 fully saturated rings. The molecular formula is C23H29N6O4+. The van der Waals surface area contributed by atoms with Crippen molar-refractivity contribution in [1.29, 1.82) is 0 Å². The number of anilines is 3. The van der Waals surface area contributed by atoms with Gasteiger partial charge >= 0.3 is 11.6 Å². The largest absolute Gasteiger partial charge is 0.505 e. The van der Waals surface area contributed by atoms with Crippen molar-refractivity contribution in [3.63, 3.8) is 0 Å². The summed E-state index contributed by atoms with van der Waals surface area (Å²) >= 11 is 0. The van der Waals surface area contributed by atoms with Crippen molar-refractivity contribution in [2.24, 2.45) is 0 Å². The molecule has 0 unspecified atom stereocenters. The number of nitrogens with zero attached hydrogens (tertiary/aromatic N) is 4. The number of rotatable bonds is 7. The van der Waals surface area contributed by atoms with Gasteiger partial charge in [-0.3, -0.25) is 10.1 Å². The molecule has 174 valence electrons. The van der Waals surface area contributed by atoms with Crippen LogP contribution in [0.5, 0.6) is 5.75 Å². The average molecular weight is 454 g/mol. The summed E-state index contributed by atoms with van der Waals surface area (Å²) in [5, 5.41) is 31.1. The van der Waals surface area contributed by atoms with Gasteiger partial charge in [0.25, 0.3) is 5.91 Å². The molecule has 0 bridgehead atoms. The molecule has 2 aromatic carbocycles. The van der Waals surface area contributed by atoms with Crippen LogP contribution in [0.25, 0.3) is 0 Å². The van der Waals surface area contributed by atoms with E-state index in [1.165, 1.54) is 0 Å². The SMILES string of the molecule is CC[C@@H](Nc1c(Nc2cccc(C(=O)N3CCN(C)CC3)c2O)no[n+]1O)c1ccccc1. The van der Waals surface area contributed by atoms with E-state index in [2.05, 4.69) is 20.7 Å². The van der Waals surface area contributed by atoms with E-state index in [1.807, 2.05) is 44.3 Å². The van der Waals surface area contributed by atoms with Crippen LogP contribution in [0.4, 0.5) is 17.3 Å². The van der Waals surface area contributed by atoms with Crippen molar-refractivity contribution in [1.82, 2.24) is 15.0 Å². The Balaban J connectivity index is 1.55. The van der Waals surface area contributed by atoms with Crippen LogP contribution >= 0.6 is 0 Å². The second kappa shape index (κ2) is 9.78. The van der Waals surface area contributed by atoms with Gasteiger partial charge < -0.3 is 25.4 Å². The number of hydrogen-bond acceptors (Lipinski definition) is 8. The molecule has 0 radical (unpaired) electrons. The Morgan fingerprint density at radius 1 is 1.15 bits per heavy atom. The number of likely N-dealkylation sites (N-methyl/N-ethyl adjacent to an activating group) is 1. The van der Waals surface area contributed by atoms with Crippen molar-refractivity contribution >= 4 is 23.2 Å². The lowest BCUT2D eigenvalue weighted by Gasteiger charge is -2.32. The molecule has 1 amide bonds. The number of phenols is 1. The van der Waals surface area contributed by atoms with Gasteiger partial charge in [-0.1, -0.05) is 48.0 Å². The second-order valence-electron chi connectivity index (χ2n) is 8.08. The number of aromatic hydroxyl groups is 1. The summed E-state index contributed by atoms with van der Waals surface area (Å²) in [7, 11) is 2.02. The summed E-state index contributed by atoms with van der Waals surface area (Å²) in [5.74, 6) is -0.0441. The van der Waals surface area contributed by atoms with Gasteiger partial charge in [0, 0.05) is 26.2 Å². The zero-order valence-electron chi connectivity index (χ0n) is 18.7. The summed E-state index contributed by atoms with van der Waals surface area (Å²) in [6.45, 7) is 4.80. The third-order valence-electron chi connectivity index (χ3n) is 5.86. The number of para-hydroxylation sites is 1. The Morgan fingerprint density at radius 3 is 2.58 bits per heavy atom. The van der Waals surface area contributed by atoms with Crippen LogP contribution in [0.15, 0.2) is 53.2 Å². The van der Waals surface area contributed by atoms with E-state index >= 15 is 0 Å². The van der Waals surface area contributed by atoms with Crippen LogP contribution in [0, 0.1) is 0 Å². The molecule has 3 aromatic rings. The van der Waals surface area contributed by atoms with Crippen LogP contribution in [-0.4, -0.2) is 64.4 Å². The quantitative estimate of drug-likeness (QED) is 0.319. The monoisotopic (exact) mass is 453 g/mol. The number of carbonyl (C=O) groups excluding carboxylic acids is 1. The van der Waals surface area contributed by atoms with Gasteiger partial charge in [-0.2, -0.15) is 0 Å². The molecule has 1 aliphatic heterocycles. The van der Waals surface area contributed by atoms with Gasteiger partial charge in [-0.25, -0.2) is 0 Å². The fourth-order valence-electron chi connectivity index (χ4n) is 3.86. The number of hydrogen-bond donors (Lipinski definition) is 4. The molecule has 10 heteroatoms. The first-order chi connectivity index (χ1) is 16.0. The first kappa shape index (κ1) is 22.4. The van der Waals surface area contributed by atoms with E-state index in [1.54, 1.807) is 23.1 Å². The Hall–Kier alpha value is -3.79. The molecule has 10 nitrogen and oxygen atoms in total. The summed E-state index contributed by atoms with van der Waals surface area (Å²) in [6, 6.07) is 14.6. The minimum Gasteiger partial charge on any atom is -0.505 e. The smallest absolute Gasteiger partial charge is 0.366 e. The number of aromatic nitrogens is 2. The van der Waals surface area contributed by atoms with Gasteiger partial charge in [0.2, 0.25) is 0 Å². The molecule has 1 aromatic heterocycles. The molecule has 1 aliphatic rings. The lowest BCUT2D eigenvalue weighted by atomic mass is 10.0. The molecule has 2 heterocycles. The van der Waals surface area contributed by atoms with Crippen LogP contribution < -0.4 is 15.5 Å². The molecule has 0 aliphatic carbocycles. The third-order valence-corrected chi connectivity index (χ3v) is 5.86. The molecule has 4 N–H and O–H groups in total. The minimum absolute atomic E-state index is 0.108. The minimum atomic E-state index is -0.227. The van der Waals surface area contributed by atoms with E-state index in [0.29, 0.717) is 18.0 Å². The summed E-state index contributed by atoms with van der Waals surface area (Å²) < 4.78 is 4.91. The molecule has 4 rings (SSSR count). The first-order valence-electron chi connectivity index (χ1n) is 11.0. The maximum absolute atomic E-state index is 13.0. The van der Waals surface area contributed by atoms with Gasteiger partial charge in [0.05, 0.1) is 17.3 Å². The Labute approximate surface area is 191 Å². The predicted molar refractivity (Wildman–Crippen MR) is 122 cm³/mol. The van der Waals surface area contributed by atoms with E-state index in [9.17, 15) is 15.1 Å². The highest BCUT2D eigenvalue weighted by molar-refractivity contribution is 5.99. The van der Waals surface area contributed by atoms with Crippen LogP contribution in [-0.2, 0) is 0 Å². The van der Waals surface area contributed by atoms with Gasteiger partial charge in [0.1, 0.15) is 10.1 Å². The number of piperazine rings is 1. The number of benzene rings is 2. The van der Waals surface area contributed by atoms with Gasteiger partial charge in [0.15, 0.2) is 5.75 Å². The van der Waals surface area contributed by atoms with Crippen molar-refractivity contribution in [3.8, 4) is 5.75 Å². The number of carbonyl (C=O) groups is 1. The maximum atomic E-state index is 13.0. The Morgan fingerprint density at radius 2 is 1.88 bits per heavy atom. The van der Waals surface area contributed by atoms with Crippen molar-refractivity contribution < 1.29 is 24.6 Å². The predicted octanol–water partition coefficient (Wildman–Crippen LogP) is 2.60. The zero-order valence-corrected chi connectivity index (χ0v) is 18.7. The summed E-state index contributed by atoms with van der Waals surface area (Å²) in [6.07, 6.45) is 0.745. The normalized spacial score (nSPS) is 15.3. The van der Waals surface area contributed by atoms with E-state index in [-0.39, 0.29) is 40.6 Å². The third kappa shape index (κ3) is 4.85. The number of phenolic OH excluding ortho intramolecular Hbond substituents is 1. The fraction of sp³-hybridized carbons (Fsp3) is 0.348. The van der Waals surface area contributed by atoms with Crippen LogP contribution in [0.3, 0.4) is 0 Å². The molecule has 1 atom stereocenters. The van der Waals surface area contributed by atoms with Gasteiger partial charge in [-0.05, 0) is 31.2 Å². The van der Waals surface area contributed by atoms with E-state index < -0.39 is 0 Å². The summed E-state index contributed by atoms with van der Waals surface area (Å²) in [5.41, 5.74) is 1.52. The van der Waals surface area contributed by atoms with Crippen LogP contribution in [0.1, 0.15) is 35.3 Å². The molecule has 1 saturated heterocycles. The van der Waals surface area contributed by atoms with Gasteiger partial charge in [-0.15, -0.1) is 0 Å². The number of nitrogens with one attached hydrogen (secondary N) is 2. The lowest BCUT2D eigenvalue weighted by molar-refractivity contribution is -1.03.